The highest BCUT2D eigenvalue weighted by molar-refractivity contribution is 5.95. The van der Waals surface area contributed by atoms with Gasteiger partial charge in [-0.25, -0.2) is 0 Å². The highest BCUT2D eigenvalue weighted by Crippen LogP contribution is 2.19. The van der Waals surface area contributed by atoms with Gasteiger partial charge in [0.15, 0.2) is 0 Å². The number of likely N-dealkylation sites (tertiary alicyclic amines) is 1. The molecule has 1 fully saturated rings. The van der Waals surface area contributed by atoms with Crippen LogP contribution >= 0.6 is 12.4 Å². The van der Waals surface area contributed by atoms with Crippen LogP contribution in [0.4, 0.5) is 5.69 Å². The fourth-order valence-electron chi connectivity index (χ4n) is 3.45. The van der Waals surface area contributed by atoms with E-state index >= 15 is 0 Å². The van der Waals surface area contributed by atoms with Gasteiger partial charge in [0.2, 0.25) is 5.91 Å². The molecule has 0 spiro atoms. The van der Waals surface area contributed by atoms with Gasteiger partial charge >= 0.3 is 5.97 Å². The summed E-state index contributed by atoms with van der Waals surface area (Å²) in [6, 6.07) is 10.1. The van der Waals surface area contributed by atoms with Gasteiger partial charge < -0.3 is 10.0 Å². The maximum absolute atomic E-state index is 12.8. The van der Waals surface area contributed by atoms with Crippen molar-refractivity contribution >= 4 is 30.0 Å². The molecular weight excluding hydrogens is 354 g/mol. The number of amides is 1. The molecule has 2 rings (SSSR count). The quantitative estimate of drug-likeness (QED) is 0.782. The molecule has 146 valence electrons. The molecule has 26 heavy (non-hydrogen) atoms. The van der Waals surface area contributed by atoms with Crippen LogP contribution in [-0.4, -0.2) is 72.1 Å². The van der Waals surface area contributed by atoms with Crippen LogP contribution in [0.1, 0.15) is 26.7 Å². The molecule has 6 nitrogen and oxygen atoms in total. The van der Waals surface area contributed by atoms with E-state index < -0.39 is 5.97 Å². The fourth-order valence-corrected chi connectivity index (χ4v) is 3.45. The minimum Gasteiger partial charge on any atom is -0.480 e. The number of hydrogen-bond donors (Lipinski definition) is 1. The van der Waals surface area contributed by atoms with Gasteiger partial charge in [-0.05, 0) is 45.9 Å². The first-order valence-electron chi connectivity index (χ1n) is 8.90. The zero-order valence-corrected chi connectivity index (χ0v) is 16.6. The van der Waals surface area contributed by atoms with E-state index in [-0.39, 0.29) is 36.9 Å². The second-order valence-electron chi connectivity index (χ2n) is 7.01. The number of nitrogens with zero attached hydrogens (tertiary/aromatic N) is 3. The summed E-state index contributed by atoms with van der Waals surface area (Å²) >= 11 is 0. The van der Waals surface area contributed by atoms with Gasteiger partial charge in [0.05, 0.1) is 13.1 Å². The molecule has 0 aliphatic carbocycles. The number of aliphatic carboxylic acids is 1. The predicted molar refractivity (Wildman–Crippen MR) is 106 cm³/mol. The number of para-hydroxylation sites is 1. The maximum atomic E-state index is 12.8. The Morgan fingerprint density at radius 2 is 1.77 bits per heavy atom. The lowest BCUT2D eigenvalue weighted by atomic mass is 10.0. The second-order valence-corrected chi connectivity index (χ2v) is 7.01. The Labute approximate surface area is 162 Å². The van der Waals surface area contributed by atoms with Gasteiger partial charge in [-0.1, -0.05) is 18.2 Å². The summed E-state index contributed by atoms with van der Waals surface area (Å²) in [5.41, 5.74) is 0.929. The van der Waals surface area contributed by atoms with Gasteiger partial charge in [0.25, 0.3) is 0 Å². The zero-order valence-electron chi connectivity index (χ0n) is 15.8. The van der Waals surface area contributed by atoms with Crippen molar-refractivity contribution in [2.24, 2.45) is 0 Å². The summed E-state index contributed by atoms with van der Waals surface area (Å²) in [5, 5.41) is 8.90. The monoisotopic (exact) mass is 383 g/mol. The summed E-state index contributed by atoms with van der Waals surface area (Å²) in [4.78, 5) is 29.6. The number of piperidine rings is 1. The Morgan fingerprint density at radius 1 is 1.19 bits per heavy atom. The van der Waals surface area contributed by atoms with Crippen molar-refractivity contribution in [1.29, 1.82) is 0 Å². The Balaban J connectivity index is 0.00000338. The number of likely N-dealkylation sites (N-methyl/N-ethyl adjacent to an activating group) is 1. The molecular formula is C19H30ClN3O3. The van der Waals surface area contributed by atoms with E-state index in [1.165, 1.54) is 0 Å². The average molecular weight is 384 g/mol. The van der Waals surface area contributed by atoms with Crippen LogP contribution in [0.15, 0.2) is 30.3 Å². The summed E-state index contributed by atoms with van der Waals surface area (Å²) in [6.07, 6.45) is 1.79. The van der Waals surface area contributed by atoms with Gasteiger partial charge in [-0.2, -0.15) is 0 Å². The number of halogens is 1. The summed E-state index contributed by atoms with van der Waals surface area (Å²) in [6.45, 7) is 6.17. The van der Waals surface area contributed by atoms with Crippen molar-refractivity contribution < 1.29 is 14.7 Å². The van der Waals surface area contributed by atoms with E-state index in [0.717, 1.165) is 31.6 Å². The van der Waals surface area contributed by atoms with E-state index in [0.29, 0.717) is 6.54 Å². The third-order valence-corrected chi connectivity index (χ3v) is 4.74. The van der Waals surface area contributed by atoms with Crippen LogP contribution in [0.5, 0.6) is 0 Å². The number of carboxylic acids is 1. The van der Waals surface area contributed by atoms with E-state index in [4.69, 9.17) is 5.11 Å². The highest BCUT2D eigenvalue weighted by atomic mass is 35.5. The third kappa shape index (κ3) is 6.27. The van der Waals surface area contributed by atoms with Crippen LogP contribution in [0.2, 0.25) is 0 Å². The standard InChI is InChI=1S/C19H29N3O3.ClH/c1-15(2)22(17-7-5-4-6-8-17)18(23)13-21-11-9-16(10-12-21)20(3)14-19(24)25;/h4-8,15-16H,9-14H2,1-3H3,(H,24,25);1H. The lowest BCUT2D eigenvalue weighted by Gasteiger charge is -2.37. The van der Waals surface area contributed by atoms with E-state index in [1.807, 2.05) is 61.0 Å². The van der Waals surface area contributed by atoms with E-state index in [9.17, 15) is 9.59 Å². The summed E-state index contributed by atoms with van der Waals surface area (Å²) < 4.78 is 0. The Morgan fingerprint density at radius 3 is 2.27 bits per heavy atom. The largest absolute Gasteiger partial charge is 0.480 e. The molecule has 0 bridgehead atoms. The number of carbonyl (C=O) groups is 2. The molecule has 1 amide bonds. The van der Waals surface area contributed by atoms with Crippen LogP contribution in [0.3, 0.4) is 0 Å². The average Bonchev–Trinajstić information content (AvgIpc) is 2.55. The number of rotatable bonds is 7. The lowest BCUT2D eigenvalue weighted by Crippen LogP contribution is -2.49. The highest BCUT2D eigenvalue weighted by Gasteiger charge is 2.27. The maximum Gasteiger partial charge on any atom is 0.317 e. The Kier molecular flexibility index (Phi) is 9.05. The van der Waals surface area contributed by atoms with Crippen molar-refractivity contribution in [3.05, 3.63) is 30.3 Å². The molecule has 0 aromatic heterocycles. The Hall–Kier alpha value is -1.63. The summed E-state index contributed by atoms with van der Waals surface area (Å²) in [5.74, 6) is -0.686. The van der Waals surface area contributed by atoms with E-state index in [2.05, 4.69) is 4.90 Å². The number of hydrogen-bond acceptors (Lipinski definition) is 4. The molecule has 0 atom stereocenters. The number of anilines is 1. The van der Waals surface area contributed by atoms with Gasteiger partial charge in [0.1, 0.15) is 0 Å². The Bertz CT molecular complexity index is 575. The van der Waals surface area contributed by atoms with Gasteiger partial charge in [-0.3, -0.25) is 19.4 Å². The molecule has 0 saturated carbocycles. The third-order valence-electron chi connectivity index (χ3n) is 4.74. The van der Waals surface area contributed by atoms with Crippen molar-refractivity contribution in [3.63, 3.8) is 0 Å². The molecule has 0 unspecified atom stereocenters. The number of carbonyl (C=O) groups excluding carboxylic acids is 1. The van der Waals surface area contributed by atoms with Crippen LogP contribution < -0.4 is 4.90 Å². The van der Waals surface area contributed by atoms with Gasteiger partial charge in [-0.15, -0.1) is 12.4 Å². The molecule has 7 heteroatoms. The first-order valence-corrected chi connectivity index (χ1v) is 8.90. The first-order chi connectivity index (χ1) is 11.9. The second kappa shape index (κ2) is 10.5. The predicted octanol–water partition coefficient (Wildman–Crippen LogP) is 2.33. The molecule has 1 saturated heterocycles. The van der Waals surface area contributed by atoms with Crippen LogP contribution in [0.25, 0.3) is 0 Å². The minimum atomic E-state index is -0.796. The minimum absolute atomic E-state index is 0. The SMILES string of the molecule is CC(C)N(C(=O)CN1CCC(N(C)CC(=O)O)CC1)c1ccccc1.Cl. The van der Waals surface area contributed by atoms with Crippen LogP contribution in [0, 0.1) is 0 Å². The van der Waals surface area contributed by atoms with Crippen LogP contribution in [-0.2, 0) is 9.59 Å². The van der Waals surface area contributed by atoms with Crippen molar-refractivity contribution in [2.75, 3.05) is 38.1 Å². The summed E-state index contributed by atoms with van der Waals surface area (Å²) in [7, 11) is 1.86. The van der Waals surface area contributed by atoms with Crippen molar-refractivity contribution in [3.8, 4) is 0 Å². The van der Waals surface area contributed by atoms with Gasteiger partial charge in [0, 0.05) is 30.9 Å². The topological polar surface area (TPSA) is 64.1 Å². The fraction of sp³-hybridized carbons (Fsp3) is 0.579. The zero-order chi connectivity index (χ0) is 18.4. The molecule has 1 heterocycles. The smallest absolute Gasteiger partial charge is 0.317 e. The number of benzene rings is 1. The number of carboxylic acid groups (broad SMARTS) is 1. The van der Waals surface area contributed by atoms with E-state index in [1.54, 1.807) is 0 Å². The van der Waals surface area contributed by atoms with Crippen molar-refractivity contribution in [1.82, 2.24) is 9.80 Å². The molecule has 1 aliphatic rings. The van der Waals surface area contributed by atoms with Crippen molar-refractivity contribution in [2.45, 2.75) is 38.8 Å². The molecule has 1 aliphatic heterocycles. The molecule has 1 aromatic carbocycles. The first kappa shape index (κ1) is 22.4. The lowest BCUT2D eigenvalue weighted by molar-refractivity contribution is -0.138. The molecule has 1 N–H and O–H groups in total. The molecule has 0 radical (unpaired) electrons. The molecule has 1 aromatic rings. The normalized spacial score (nSPS) is 15.7.